The van der Waals surface area contributed by atoms with Crippen molar-refractivity contribution in [2.75, 3.05) is 13.2 Å². The molecule has 0 saturated heterocycles. The van der Waals surface area contributed by atoms with Crippen LogP contribution in [0.5, 0.6) is 0 Å². The molecule has 0 bridgehead atoms. The van der Waals surface area contributed by atoms with Crippen molar-refractivity contribution >= 4 is 17.9 Å². The summed E-state index contributed by atoms with van der Waals surface area (Å²) in [4.78, 5) is 38.3. The van der Waals surface area contributed by atoms with Crippen molar-refractivity contribution < 1.29 is 28.6 Å². The number of carbonyl (C=O) groups excluding carboxylic acids is 3. The smallest absolute Gasteiger partial charge is 0.306 e. The summed E-state index contributed by atoms with van der Waals surface area (Å²) in [6.45, 7) is 6.46. The van der Waals surface area contributed by atoms with E-state index in [-0.39, 0.29) is 37.5 Å². The minimum atomic E-state index is -0.805. The van der Waals surface area contributed by atoms with E-state index in [1.165, 1.54) is 193 Å². The van der Waals surface area contributed by atoms with Crippen molar-refractivity contribution in [2.24, 2.45) is 0 Å². The van der Waals surface area contributed by atoms with Crippen LogP contribution in [0, 0.1) is 0 Å². The van der Waals surface area contributed by atoms with Gasteiger partial charge in [0.15, 0.2) is 6.10 Å². The van der Waals surface area contributed by atoms with Gasteiger partial charge in [0.1, 0.15) is 13.2 Å². The van der Waals surface area contributed by atoms with Crippen LogP contribution in [0.15, 0.2) is 97.2 Å². The van der Waals surface area contributed by atoms with E-state index in [0.717, 1.165) is 109 Å². The van der Waals surface area contributed by atoms with Gasteiger partial charge in [0.2, 0.25) is 0 Å². The third-order valence-electron chi connectivity index (χ3n) is 15.3. The predicted molar refractivity (Wildman–Crippen MR) is 357 cm³/mol. The van der Waals surface area contributed by atoms with Gasteiger partial charge >= 0.3 is 17.9 Å². The Bertz CT molecular complexity index is 1590. The first-order chi connectivity index (χ1) is 40.5. The molecule has 0 aliphatic carbocycles. The molecule has 0 radical (unpaired) electrons. The van der Waals surface area contributed by atoms with Crippen LogP contribution in [0.4, 0.5) is 0 Å². The van der Waals surface area contributed by atoms with Gasteiger partial charge in [-0.2, -0.15) is 0 Å². The Labute approximate surface area is 508 Å². The van der Waals surface area contributed by atoms with Crippen molar-refractivity contribution in [1.29, 1.82) is 0 Å². The van der Waals surface area contributed by atoms with Crippen LogP contribution >= 0.6 is 0 Å². The Balaban J connectivity index is 4.13. The zero-order valence-corrected chi connectivity index (χ0v) is 54.2. The molecule has 0 aromatic heterocycles. The lowest BCUT2D eigenvalue weighted by Crippen LogP contribution is -2.30. The SMILES string of the molecule is CC/C=C\C/C=C\C/C=C\C/C=C\CCCCC(=O)OC(COC(=O)CCCCCCC/C=C\C/C=C\CCCC)COC(=O)CCCCCCCCCCCCCCCCCCCCCCCCC/C=C\C/C=C\CCCCCCC. The Kier molecular flexibility index (Phi) is 66.7. The lowest BCUT2D eigenvalue weighted by atomic mass is 10.0. The van der Waals surface area contributed by atoms with Gasteiger partial charge in [0.25, 0.3) is 0 Å². The third-order valence-corrected chi connectivity index (χ3v) is 15.3. The molecule has 0 saturated carbocycles. The van der Waals surface area contributed by atoms with Gasteiger partial charge in [0.05, 0.1) is 0 Å². The van der Waals surface area contributed by atoms with Gasteiger partial charge in [0, 0.05) is 19.3 Å². The molecule has 0 amide bonds. The summed E-state index contributed by atoms with van der Waals surface area (Å²) in [7, 11) is 0. The van der Waals surface area contributed by atoms with Crippen LogP contribution in [0.3, 0.4) is 0 Å². The maximum absolute atomic E-state index is 12.9. The van der Waals surface area contributed by atoms with Crippen molar-refractivity contribution in [3.8, 4) is 0 Å². The van der Waals surface area contributed by atoms with E-state index in [1.54, 1.807) is 0 Å². The number of carbonyl (C=O) groups is 3. The molecule has 1 unspecified atom stereocenters. The molecule has 0 fully saturated rings. The Hall–Kier alpha value is -3.67. The van der Waals surface area contributed by atoms with Crippen LogP contribution in [0.1, 0.15) is 348 Å². The summed E-state index contributed by atoms with van der Waals surface area (Å²) in [5, 5.41) is 0. The monoisotopic (exact) mass is 1140 g/mol. The van der Waals surface area contributed by atoms with Gasteiger partial charge < -0.3 is 14.2 Å². The molecule has 0 aliphatic heterocycles. The van der Waals surface area contributed by atoms with Gasteiger partial charge in [-0.25, -0.2) is 0 Å². The zero-order chi connectivity index (χ0) is 59.2. The number of ether oxygens (including phenoxy) is 3. The molecule has 0 heterocycles. The first-order valence-corrected chi connectivity index (χ1v) is 35.2. The number of esters is 3. The second kappa shape index (κ2) is 69.8. The van der Waals surface area contributed by atoms with Crippen LogP contribution in [-0.2, 0) is 28.6 Å². The average molecular weight is 1140 g/mol. The van der Waals surface area contributed by atoms with Crippen LogP contribution in [-0.4, -0.2) is 37.2 Å². The highest BCUT2D eigenvalue weighted by molar-refractivity contribution is 5.71. The standard InChI is InChI=1S/C76H132O6/c1-4-7-10-13-16-19-22-25-28-29-30-31-32-33-34-35-36-37-38-39-40-41-42-43-44-45-46-47-49-51-54-57-60-63-66-69-75(78)81-72-73(71-80-74(77)68-65-62-59-56-53-50-27-24-21-18-15-12-9-6-3)82-76(79)70-67-64-61-58-55-52-48-26-23-20-17-14-11-8-5-2/h8,11,15,17-18,20,22,24-27,29-30,48,55,58,73H,4-7,9-10,12-14,16,19,21,23,28,31-47,49-54,56-57,59-72H2,1-3H3/b11-8-,18-15-,20-17-,25-22-,27-24-,30-29-,48-26-,58-55-. The minimum Gasteiger partial charge on any atom is -0.462 e. The fourth-order valence-corrected chi connectivity index (χ4v) is 10.0. The summed E-state index contributed by atoms with van der Waals surface area (Å²) in [6.07, 6.45) is 94.6. The minimum absolute atomic E-state index is 0.0963. The number of hydrogen-bond donors (Lipinski definition) is 0. The molecular weight excluding hydrogens is 1010 g/mol. The molecule has 0 N–H and O–H groups in total. The van der Waals surface area contributed by atoms with E-state index in [1.807, 2.05) is 0 Å². The van der Waals surface area contributed by atoms with E-state index in [4.69, 9.17) is 14.2 Å². The highest BCUT2D eigenvalue weighted by Crippen LogP contribution is 2.17. The predicted octanol–water partition coefficient (Wildman–Crippen LogP) is 24.4. The molecule has 472 valence electrons. The molecule has 0 aromatic rings. The first kappa shape index (κ1) is 78.3. The quantitative estimate of drug-likeness (QED) is 0.0261. The summed E-state index contributed by atoms with van der Waals surface area (Å²) < 4.78 is 16.9. The van der Waals surface area contributed by atoms with Crippen molar-refractivity contribution in [1.82, 2.24) is 0 Å². The Morgan fingerprint density at radius 3 is 0.805 bits per heavy atom. The van der Waals surface area contributed by atoms with Crippen molar-refractivity contribution in [3.63, 3.8) is 0 Å². The summed E-state index contributed by atoms with van der Waals surface area (Å²) in [6, 6.07) is 0. The molecule has 0 spiro atoms. The number of unbranched alkanes of at least 4 members (excludes halogenated alkanes) is 37. The fraction of sp³-hybridized carbons (Fsp3) is 0.750. The average Bonchev–Trinajstić information content (AvgIpc) is 3.47. The van der Waals surface area contributed by atoms with Crippen molar-refractivity contribution in [2.45, 2.75) is 354 Å². The van der Waals surface area contributed by atoms with E-state index in [0.29, 0.717) is 19.3 Å². The maximum atomic E-state index is 12.9. The fourth-order valence-electron chi connectivity index (χ4n) is 10.0. The lowest BCUT2D eigenvalue weighted by molar-refractivity contribution is -0.167. The van der Waals surface area contributed by atoms with Crippen LogP contribution < -0.4 is 0 Å². The van der Waals surface area contributed by atoms with E-state index >= 15 is 0 Å². The highest BCUT2D eigenvalue weighted by atomic mass is 16.6. The lowest BCUT2D eigenvalue weighted by Gasteiger charge is -2.18. The summed E-state index contributed by atoms with van der Waals surface area (Å²) in [5.74, 6) is -0.941. The van der Waals surface area contributed by atoms with Gasteiger partial charge in [-0.05, 0) is 116 Å². The van der Waals surface area contributed by atoms with Crippen LogP contribution in [0.25, 0.3) is 0 Å². The molecule has 82 heavy (non-hydrogen) atoms. The molecule has 0 rings (SSSR count). The van der Waals surface area contributed by atoms with Gasteiger partial charge in [-0.1, -0.05) is 311 Å². The largest absolute Gasteiger partial charge is 0.462 e. The summed E-state index contributed by atoms with van der Waals surface area (Å²) in [5.41, 5.74) is 0. The molecule has 0 aromatic carbocycles. The van der Waals surface area contributed by atoms with Gasteiger partial charge in [-0.15, -0.1) is 0 Å². The van der Waals surface area contributed by atoms with E-state index < -0.39 is 6.10 Å². The third kappa shape index (κ3) is 67.1. The second-order valence-corrected chi connectivity index (χ2v) is 23.4. The second-order valence-electron chi connectivity index (χ2n) is 23.4. The number of rotatable bonds is 64. The normalized spacial score (nSPS) is 12.7. The van der Waals surface area contributed by atoms with E-state index in [2.05, 4.69) is 118 Å². The summed E-state index contributed by atoms with van der Waals surface area (Å²) >= 11 is 0. The first-order valence-electron chi connectivity index (χ1n) is 35.2. The van der Waals surface area contributed by atoms with Crippen molar-refractivity contribution in [3.05, 3.63) is 97.2 Å². The molecular formula is C76H132O6. The topological polar surface area (TPSA) is 78.9 Å². The maximum Gasteiger partial charge on any atom is 0.306 e. The molecule has 6 heteroatoms. The zero-order valence-electron chi connectivity index (χ0n) is 54.2. The Morgan fingerprint density at radius 1 is 0.256 bits per heavy atom. The number of hydrogen-bond acceptors (Lipinski definition) is 6. The molecule has 1 atom stereocenters. The highest BCUT2D eigenvalue weighted by Gasteiger charge is 2.19. The van der Waals surface area contributed by atoms with Crippen LogP contribution in [0.2, 0.25) is 0 Å². The van der Waals surface area contributed by atoms with Gasteiger partial charge in [-0.3, -0.25) is 14.4 Å². The Morgan fingerprint density at radius 2 is 0.488 bits per heavy atom. The molecule has 6 nitrogen and oxygen atoms in total. The molecule has 0 aliphatic rings. The number of allylic oxidation sites excluding steroid dienone is 16. The van der Waals surface area contributed by atoms with E-state index in [9.17, 15) is 14.4 Å².